The summed E-state index contributed by atoms with van der Waals surface area (Å²) in [6.45, 7) is 6.77. The molecule has 1 aliphatic heterocycles. The van der Waals surface area contributed by atoms with Gasteiger partial charge in [0, 0.05) is 12.5 Å². The van der Waals surface area contributed by atoms with Crippen LogP contribution in [0.15, 0.2) is 10.7 Å². The Hall–Kier alpha value is -1.16. The Morgan fingerprint density at radius 2 is 2.24 bits per heavy atom. The third-order valence-electron chi connectivity index (χ3n) is 3.66. The van der Waals surface area contributed by atoms with Crippen LogP contribution in [0, 0.1) is 5.92 Å². The quantitative estimate of drug-likeness (QED) is 0.751. The fourth-order valence-electron chi connectivity index (χ4n) is 2.46. The van der Waals surface area contributed by atoms with Crippen molar-refractivity contribution in [3.05, 3.63) is 17.5 Å². The molecule has 0 aromatic carbocycles. The Bertz CT molecular complexity index is 365. The van der Waals surface area contributed by atoms with Crippen LogP contribution in [0.25, 0.3) is 0 Å². The summed E-state index contributed by atoms with van der Waals surface area (Å²) in [6.07, 6.45) is 5.54. The van der Waals surface area contributed by atoms with Crippen molar-refractivity contribution in [3.63, 3.8) is 0 Å². The van der Waals surface area contributed by atoms with Gasteiger partial charge in [0.2, 0.25) is 0 Å². The predicted molar refractivity (Wildman–Crippen MR) is 65.0 cm³/mol. The van der Waals surface area contributed by atoms with Crippen LogP contribution in [0.1, 0.15) is 42.8 Å². The van der Waals surface area contributed by atoms with Gasteiger partial charge >= 0.3 is 0 Å². The minimum atomic E-state index is 0.608. The summed E-state index contributed by atoms with van der Waals surface area (Å²) in [5.41, 5.74) is 0.608. The molecule has 94 valence electrons. The highest BCUT2D eigenvalue weighted by Crippen LogP contribution is 2.23. The molecule has 1 saturated heterocycles. The van der Waals surface area contributed by atoms with Crippen LogP contribution in [0.4, 0.5) is 0 Å². The molecule has 0 saturated carbocycles. The molecule has 4 nitrogen and oxygen atoms in total. The SMILES string of the molecule is CC(C)N1CCC(Cc2oncc2C=O)CC1. The molecule has 0 bridgehead atoms. The fraction of sp³-hybridized carbons (Fsp3) is 0.692. The van der Waals surface area contributed by atoms with E-state index in [-0.39, 0.29) is 0 Å². The van der Waals surface area contributed by atoms with Gasteiger partial charge in [-0.1, -0.05) is 5.16 Å². The van der Waals surface area contributed by atoms with Crippen LogP contribution in [0.2, 0.25) is 0 Å². The predicted octanol–water partition coefficient (Wildman–Crippen LogP) is 2.15. The lowest BCUT2D eigenvalue weighted by Gasteiger charge is -2.34. The van der Waals surface area contributed by atoms with Gasteiger partial charge in [0.1, 0.15) is 5.76 Å². The van der Waals surface area contributed by atoms with Crippen molar-refractivity contribution in [3.8, 4) is 0 Å². The van der Waals surface area contributed by atoms with Gasteiger partial charge in [0.15, 0.2) is 6.29 Å². The number of aromatic nitrogens is 1. The zero-order chi connectivity index (χ0) is 12.3. The lowest BCUT2D eigenvalue weighted by Crippen LogP contribution is -2.38. The molecule has 1 aliphatic rings. The number of hydrogen-bond donors (Lipinski definition) is 0. The number of likely N-dealkylation sites (tertiary alicyclic amines) is 1. The van der Waals surface area contributed by atoms with Crippen molar-refractivity contribution in [1.29, 1.82) is 0 Å². The van der Waals surface area contributed by atoms with Crippen LogP contribution in [-0.4, -0.2) is 35.5 Å². The van der Waals surface area contributed by atoms with Gasteiger partial charge in [-0.3, -0.25) is 4.79 Å². The molecule has 1 aromatic heterocycles. The van der Waals surface area contributed by atoms with Crippen LogP contribution in [0.5, 0.6) is 0 Å². The first-order valence-electron chi connectivity index (χ1n) is 6.33. The van der Waals surface area contributed by atoms with E-state index in [9.17, 15) is 4.79 Å². The van der Waals surface area contributed by atoms with E-state index in [1.807, 2.05) is 0 Å². The van der Waals surface area contributed by atoms with E-state index >= 15 is 0 Å². The second-order valence-corrected chi connectivity index (χ2v) is 5.10. The number of carbonyl (C=O) groups excluding carboxylic acids is 1. The molecule has 1 aromatic rings. The van der Waals surface area contributed by atoms with Gasteiger partial charge < -0.3 is 9.42 Å². The van der Waals surface area contributed by atoms with Gasteiger partial charge in [-0.15, -0.1) is 0 Å². The van der Waals surface area contributed by atoms with Crippen molar-refractivity contribution < 1.29 is 9.32 Å². The molecule has 0 unspecified atom stereocenters. The van der Waals surface area contributed by atoms with Crippen molar-refractivity contribution in [2.75, 3.05) is 13.1 Å². The van der Waals surface area contributed by atoms with Crippen LogP contribution in [0.3, 0.4) is 0 Å². The third-order valence-corrected chi connectivity index (χ3v) is 3.66. The second-order valence-electron chi connectivity index (χ2n) is 5.10. The summed E-state index contributed by atoms with van der Waals surface area (Å²) in [6, 6.07) is 0.631. The van der Waals surface area contributed by atoms with E-state index < -0.39 is 0 Å². The molecule has 1 fully saturated rings. The van der Waals surface area contributed by atoms with E-state index in [0.29, 0.717) is 17.5 Å². The van der Waals surface area contributed by atoms with Gasteiger partial charge in [0.25, 0.3) is 0 Å². The highest BCUT2D eigenvalue weighted by Gasteiger charge is 2.23. The Labute approximate surface area is 102 Å². The van der Waals surface area contributed by atoms with Gasteiger partial charge in [-0.05, 0) is 45.7 Å². The number of carbonyl (C=O) groups is 1. The molecule has 17 heavy (non-hydrogen) atoms. The van der Waals surface area contributed by atoms with Crippen LogP contribution < -0.4 is 0 Å². The van der Waals surface area contributed by atoms with E-state index in [1.165, 1.54) is 19.0 Å². The number of hydrogen-bond acceptors (Lipinski definition) is 4. The first-order valence-corrected chi connectivity index (χ1v) is 6.33. The summed E-state index contributed by atoms with van der Waals surface area (Å²) in [7, 11) is 0. The minimum Gasteiger partial charge on any atom is -0.361 e. The molecule has 4 heteroatoms. The zero-order valence-electron chi connectivity index (χ0n) is 10.6. The average Bonchev–Trinajstić information content (AvgIpc) is 2.77. The molecule has 0 amide bonds. The number of piperidine rings is 1. The monoisotopic (exact) mass is 236 g/mol. The van der Waals surface area contributed by atoms with Gasteiger partial charge in [-0.25, -0.2) is 0 Å². The first kappa shape index (κ1) is 12.3. The lowest BCUT2D eigenvalue weighted by molar-refractivity contribution is 0.112. The number of nitrogens with zero attached hydrogens (tertiary/aromatic N) is 2. The van der Waals surface area contributed by atoms with E-state index in [4.69, 9.17) is 4.52 Å². The fourth-order valence-corrected chi connectivity index (χ4v) is 2.46. The van der Waals surface area contributed by atoms with Crippen molar-refractivity contribution >= 4 is 6.29 Å². The Kier molecular flexibility index (Phi) is 3.94. The maximum atomic E-state index is 10.8. The molecule has 0 aliphatic carbocycles. The number of aldehydes is 1. The minimum absolute atomic E-state index is 0.608. The average molecular weight is 236 g/mol. The smallest absolute Gasteiger partial charge is 0.155 e. The molecular formula is C13H20N2O2. The van der Waals surface area contributed by atoms with Crippen molar-refractivity contribution in [2.45, 2.75) is 39.2 Å². The summed E-state index contributed by atoms with van der Waals surface area (Å²) in [5, 5.41) is 3.68. The summed E-state index contributed by atoms with van der Waals surface area (Å²) in [5.74, 6) is 1.37. The van der Waals surface area contributed by atoms with Crippen LogP contribution in [-0.2, 0) is 6.42 Å². The Morgan fingerprint density at radius 1 is 1.53 bits per heavy atom. The van der Waals surface area contributed by atoms with Crippen molar-refractivity contribution in [2.24, 2.45) is 5.92 Å². The Morgan fingerprint density at radius 3 is 2.82 bits per heavy atom. The highest BCUT2D eigenvalue weighted by molar-refractivity contribution is 5.75. The molecular weight excluding hydrogens is 216 g/mol. The summed E-state index contributed by atoms with van der Waals surface area (Å²) < 4.78 is 5.14. The molecule has 0 spiro atoms. The van der Waals surface area contributed by atoms with Gasteiger partial charge in [0.05, 0.1) is 11.8 Å². The largest absolute Gasteiger partial charge is 0.361 e. The maximum Gasteiger partial charge on any atom is 0.155 e. The molecule has 2 rings (SSSR count). The van der Waals surface area contributed by atoms with E-state index in [2.05, 4.69) is 23.9 Å². The van der Waals surface area contributed by atoms with Crippen molar-refractivity contribution in [1.82, 2.24) is 10.1 Å². The summed E-state index contributed by atoms with van der Waals surface area (Å²) in [4.78, 5) is 13.3. The second kappa shape index (κ2) is 5.45. The summed E-state index contributed by atoms with van der Waals surface area (Å²) >= 11 is 0. The number of rotatable bonds is 4. The Balaban J connectivity index is 1.88. The molecule has 0 atom stereocenters. The normalized spacial score (nSPS) is 18.8. The maximum absolute atomic E-state index is 10.8. The van der Waals surface area contributed by atoms with Crippen LogP contribution >= 0.6 is 0 Å². The first-order chi connectivity index (χ1) is 8.20. The van der Waals surface area contributed by atoms with E-state index in [0.717, 1.165) is 31.6 Å². The van der Waals surface area contributed by atoms with Gasteiger partial charge in [-0.2, -0.15) is 0 Å². The highest BCUT2D eigenvalue weighted by atomic mass is 16.5. The molecule has 2 heterocycles. The molecule has 0 N–H and O–H groups in total. The molecule has 0 radical (unpaired) electrons. The lowest BCUT2D eigenvalue weighted by atomic mass is 9.91. The zero-order valence-corrected chi connectivity index (χ0v) is 10.6. The topological polar surface area (TPSA) is 46.3 Å². The third kappa shape index (κ3) is 2.94. The van der Waals surface area contributed by atoms with E-state index in [1.54, 1.807) is 0 Å². The standard InChI is InChI=1S/C13H20N2O2/c1-10(2)15-5-3-11(4-6-15)7-13-12(9-16)8-14-17-13/h8-11H,3-7H2,1-2H3.